The van der Waals surface area contributed by atoms with Gasteiger partial charge in [-0.05, 0) is 25.7 Å². The van der Waals surface area contributed by atoms with Gasteiger partial charge in [0.05, 0.1) is 6.61 Å². The standard InChI is InChI=1S/C5H11NO.C3H7N.BrH/c7-4-3-6-5-1-2-5;4-3-1-2-3;/h5-7H,1-4H2;3H,1-2,4H2;1H. The Hall–Kier alpha value is 0.360. The van der Waals surface area contributed by atoms with Gasteiger partial charge in [0.1, 0.15) is 0 Å². The summed E-state index contributed by atoms with van der Waals surface area (Å²) in [5.74, 6) is 0. The minimum Gasteiger partial charge on any atom is -0.395 e. The van der Waals surface area contributed by atoms with Crippen LogP contribution in [0, 0.1) is 0 Å². The van der Waals surface area contributed by atoms with Crippen molar-refractivity contribution in [2.75, 3.05) is 13.2 Å². The summed E-state index contributed by atoms with van der Waals surface area (Å²) >= 11 is 0. The average Bonchev–Trinajstić information content (AvgIpc) is 2.81. The lowest BCUT2D eigenvalue weighted by atomic mass is 10.6. The van der Waals surface area contributed by atoms with Crippen LogP contribution in [0.3, 0.4) is 0 Å². The lowest BCUT2D eigenvalue weighted by Crippen LogP contribution is -2.19. The fraction of sp³-hybridized carbons (Fsp3) is 1.00. The molecule has 0 atom stereocenters. The maximum absolute atomic E-state index is 8.28. The molecule has 0 saturated heterocycles. The number of hydrogen-bond donors (Lipinski definition) is 3. The van der Waals surface area contributed by atoms with Gasteiger partial charge in [0, 0.05) is 18.6 Å². The van der Waals surface area contributed by atoms with Gasteiger partial charge in [-0.3, -0.25) is 0 Å². The first-order chi connectivity index (χ1) is 5.33. The zero-order valence-electron chi connectivity index (χ0n) is 7.33. The van der Waals surface area contributed by atoms with E-state index in [1.807, 2.05) is 0 Å². The second-order valence-corrected chi connectivity index (χ2v) is 3.29. The lowest BCUT2D eigenvalue weighted by molar-refractivity contribution is 0.291. The van der Waals surface area contributed by atoms with Crippen molar-refractivity contribution >= 4 is 17.0 Å². The molecule has 0 heterocycles. The van der Waals surface area contributed by atoms with Crippen LogP contribution in [0.4, 0.5) is 0 Å². The zero-order chi connectivity index (χ0) is 8.10. The molecule has 0 aromatic rings. The molecular formula is C8H19BrN2O. The van der Waals surface area contributed by atoms with Gasteiger partial charge in [0.2, 0.25) is 0 Å². The van der Waals surface area contributed by atoms with Gasteiger partial charge < -0.3 is 16.2 Å². The molecule has 2 saturated carbocycles. The second kappa shape index (κ2) is 6.83. The third-order valence-corrected chi connectivity index (χ3v) is 1.74. The Bertz CT molecular complexity index is 105. The predicted octanol–water partition coefficient (Wildman–Crippen LogP) is 0.416. The van der Waals surface area contributed by atoms with Crippen LogP contribution in [-0.2, 0) is 0 Å². The van der Waals surface area contributed by atoms with E-state index in [4.69, 9.17) is 10.8 Å². The maximum Gasteiger partial charge on any atom is 0.0556 e. The van der Waals surface area contributed by atoms with E-state index in [0.717, 1.165) is 12.6 Å². The Morgan fingerprint density at radius 3 is 2.00 bits per heavy atom. The molecule has 4 heteroatoms. The van der Waals surface area contributed by atoms with Gasteiger partial charge in [-0.2, -0.15) is 0 Å². The van der Waals surface area contributed by atoms with Crippen molar-refractivity contribution in [1.82, 2.24) is 5.32 Å². The van der Waals surface area contributed by atoms with E-state index >= 15 is 0 Å². The molecule has 0 aromatic carbocycles. The molecule has 0 radical (unpaired) electrons. The third-order valence-electron chi connectivity index (χ3n) is 1.74. The van der Waals surface area contributed by atoms with Crippen LogP contribution < -0.4 is 11.1 Å². The number of nitrogens with two attached hydrogens (primary N) is 1. The van der Waals surface area contributed by atoms with Crippen LogP contribution in [0.2, 0.25) is 0 Å². The fourth-order valence-corrected chi connectivity index (χ4v) is 0.652. The molecule has 4 N–H and O–H groups in total. The van der Waals surface area contributed by atoms with Gasteiger partial charge >= 0.3 is 0 Å². The monoisotopic (exact) mass is 238 g/mol. The molecule has 0 spiro atoms. The first kappa shape index (κ1) is 12.4. The van der Waals surface area contributed by atoms with Crippen molar-refractivity contribution in [2.45, 2.75) is 37.8 Å². The highest BCUT2D eigenvalue weighted by molar-refractivity contribution is 8.93. The molecule has 12 heavy (non-hydrogen) atoms. The molecule has 0 bridgehead atoms. The zero-order valence-corrected chi connectivity index (χ0v) is 9.04. The third kappa shape index (κ3) is 8.46. The molecule has 2 aliphatic rings. The molecule has 0 amide bonds. The number of halogens is 1. The largest absolute Gasteiger partial charge is 0.395 e. The van der Waals surface area contributed by atoms with Gasteiger partial charge in [-0.1, -0.05) is 0 Å². The summed E-state index contributed by atoms with van der Waals surface area (Å²) in [5.41, 5.74) is 5.22. The van der Waals surface area contributed by atoms with Crippen LogP contribution >= 0.6 is 17.0 Å². The number of hydrogen-bond acceptors (Lipinski definition) is 3. The van der Waals surface area contributed by atoms with Gasteiger partial charge in [0.25, 0.3) is 0 Å². The quantitative estimate of drug-likeness (QED) is 0.668. The minimum atomic E-state index is 0. The molecular weight excluding hydrogens is 220 g/mol. The molecule has 2 fully saturated rings. The summed E-state index contributed by atoms with van der Waals surface area (Å²) in [6.07, 6.45) is 5.14. The van der Waals surface area contributed by atoms with Gasteiger partial charge in [-0.25, -0.2) is 0 Å². The SMILES string of the molecule is Br.NC1CC1.OCCNC1CC1. The van der Waals surface area contributed by atoms with Crippen molar-refractivity contribution in [3.05, 3.63) is 0 Å². The highest BCUT2D eigenvalue weighted by Crippen LogP contribution is 2.17. The summed E-state index contributed by atoms with van der Waals surface area (Å²) in [4.78, 5) is 0. The number of nitrogens with one attached hydrogen (secondary N) is 1. The molecule has 0 aromatic heterocycles. The smallest absolute Gasteiger partial charge is 0.0556 e. The summed E-state index contributed by atoms with van der Waals surface area (Å²) < 4.78 is 0. The summed E-state index contributed by atoms with van der Waals surface area (Å²) in [5, 5.41) is 11.4. The Morgan fingerprint density at radius 2 is 1.75 bits per heavy atom. The van der Waals surface area contributed by atoms with E-state index in [-0.39, 0.29) is 23.6 Å². The predicted molar refractivity (Wildman–Crippen MR) is 55.6 cm³/mol. The van der Waals surface area contributed by atoms with Crippen LogP contribution in [0.5, 0.6) is 0 Å². The van der Waals surface area contributed by atoms with E-state index in [2.05, 4.69) is 5.32 Å². The summed E-state index contributed by atoms with van der Waals surface area (Å²) in [7, 11) is 0. The van der Waals surface area contributed by atoms with Crippen molar-refractivity contribution in [2.24, 2.45) is 5.73 Å². The normalized spacial score (nSPS) is 20.5. The van der Waals surface area contributed by atoms with Crippen LogP contribution in [-0.4, -0.2) is 30.3 Å². The second-order valence-electron chi connectivity index (χ2n) is 3.29. The van der Waals surface area contributed by atoms with Crippen molar-refractivity contribution in [1.29, 1.82) is 0 Å². The first-order valence-electron chi connectivity index (χ1n) is 4.42. The van der Waals surface area contributed by atoms with E-state index in [1.54, 1.807) is 0 Å². The van der Waals surface area contributed by atoms with E-state index in [0.29, 0.717) is 6.04 Å². The molecule has 2 rings (SSSR count). The molecule has 0 aliphatic heterocycles. The van der Waals surface area contributed by atoms with Gasteiger partial charge in [0.15, 0.2) is 0 Å². The van der Waals surface area contributed by atoms with Crippen molar-refractivity contribution in [3.63, 3.8) is 0 Å². The highest BCUT2D eigenvalue weighted by Gasteiger charge is 2.19. The first-order valence-corrected chi connectivity index (χ1v) is 4.42. The number of aliphatic hydroxyl groups excluding tert-OH is 1. The van der Waals surface area contributed by atoms with E-state index < -0.39 is 0 Å². The topological polar surface area (TPSA) is 58.3 Å². The molecule has 0 unspecified atom stereocenters. The van der Waals surface area contributed by atoms with Gasteiger partial charge in [-0.15, -0.1) is 17.0 Å². The molecule has 3 nitrogen and oxygen atoms in total. The van der Waals surface area contributed by atoms with E-state index in [9.17, 15) is 0 Å². The lowest BCUT2D eigenvalue weighted by Gasteiger charge is -1.94. The fourth-order valence-electron chi connectivity index (χ4n) is 0.652. The van der Waals surface area contributed by atoms with E-state index in [1.165, 1.54) is 25.7 Å². The summed E-state index contributed by atoms with van der Waals surface area (Å²) in [6.45, 7) is 1.04. The van der Waals surface area contributed by atoms with Crippen molar-refractivity contribution in [3.8, 4) is 0 Å². The van der Waals surface area contributed by atoms with Crippen LogP contribution in [0.25, 0.3) is 0 Å². The minimum absolute atomic E-state index is 0. The maximum atomic E-state index is 8.28. The Balaban J connectivity index is 0.000000209. The highest BCUT2D eigenvalue weighted by atomic mass is 79.9. The number of rotatable bonds is 3. The van der Waals surface area contributed by atoms with Crippen LogP contribution in [0.15, 0.2) is 0 Å². The Kier molecular flexibility index (Phi) is 7.04. The Labute approximate surface area is 84.5 Å². The van der Waals surface area contributed by atoms with Crippen molar-refractivity contribution < 1.29 is 5.11 Å². The molecule has 2 aliphatic carbocycles. The Morgan fingerprint density at radius 1 is 1.25 bits per heavy atom. The average molecular weight is 239 g/mol. The molecule has 74 valence electrons. The summed E-state index contributed by atoms with van der Waals surface area (Å²) in [6, 6.07) is 1.33. The number of aliphatic hydroxyl groups is 1. The van der Waals surface area contributed by atoms with Crippen LogP contribution in [0.1, 0.15) is 25.7 Å².